The minimum atomic E-state index is -3.46. The van der Waals surface area contributed by atoms with Crippen LogP contribution in [0.25, 0.3) is 0 Å². The molecule has 0 atom stereocenters. The van der Waals surface area contributed by atoms with E-state index in [1.165, 1.54) is 0 Å². The third-order valence-corrected chi connectivity index (χ3v) is 4.97. The third kappa shape index (κ3) is 5.16. The Morgan fingerprint density at radius 3 is 2.48 bits per heavy atom. The number of nitrogens with one attached hydrogen (secondary N) is 1. The van der Waals surface area contributed by atoms with Crippen LogP contribution in [0.1, 0.15) is 37.8 Å². The summed E-state index contributed by atoms with van der Waals surface area (Å²) in [5.41, 5.74) is 6.98. The van der Waals surface area contributed by atoms with Crippen molar-refractivity contribution in [3.63, 3.8) is 0 Å². The lowest BCUT2D eigenvalue weighted by molar-refractivity contribution is 0.479. The second kappa shape index (κ2) is 8.18. The first-order valence-corrected chi connectivity index (χ1v) is 8.72. The van der Waals surface area contributed by atoms with Crippen molar-refractivity contribution in [1.82, 2.24) is 4.72 Å². The fourth-order valence-electron chi connectivity index (χ4n) is 1.98. The van der Waals surface area contributed by atoms with E-state index in [-0.39, 0.29) is 11.4 Å². The summed E-state index contributed by atoms with van der Waals surface area (Å²) in [6.45, 7) is 6.75. The first kappa shape index (κ1) is 17.7. The summed E-state index contributed by atoms with van der Waals surface area (Å²) in [5.74, 6) is 6.07. The summed E-state index contributed by atoms with van der Waals surface area (Å²) in [7, 11) is -3.46. The molecule has 0 spiro atoms. The topological polar surface area (TPSA) is 72.2 Å². The molecule has 0 saturated heterocycles. The molecule has 21 heavy (non-hydrogen) atoms. The maximum atomic E-state index is 12.3. The van der Waals surface area contributed by atoms with Crippen LogP contribution in [0.15, 0.2) is 23.1 Å². The average molecular weight is 308 g/mol. The summed E-state index contributed by atoms with van der Waals surface area (Å²) in [6.07, 6.45) is 1.93. The Hall–Kier alpha value is -1.35. The van der Waals surface area contributed by atoms with Crippen LogP contribution in [0.4, 0.5) is 0 Å². The molecular weight excluding hydrogens is 284 g/mol. The van der Waals surface area contributed by atoms with Gasteiger partial charge in [-0.15, -0.1) is 0 Å². The fraction of sp³-hybridized carbons (Fsp3) is 0.500. The molecule has 0 fully saturated rings. The van der Waals surface area contributed by atoms with Crippen LogP contribution in [0, 0.1) is 24.7 Å². The standard InChI is InChI=1S/C16H24N2O2S/c1-4-14(5-2)12-18-21(19,20)16-9-8-15(7-6-10-17)13(3)11-16/h8-9,11,14,18H,4-5,10,12,17H2,1-3H3. The van der Waals surface area contributed by atoms with E-state index < -0.39 is 10.0 Å². The zero-order valence-electron chi connectivity index (χ0n) is 12.9. The highest BCUT2D eigenvalue weighted by Gasteiger charge is 2.16. The molecule has 1 aromatic rings. The minimum absolute atomic E-state index is 0.282. The number of hydrogen-bond donors (Lipinski definition) is 2. The van der Waals surface area contributed by atoms with Crippen molar-refractivity contribution >= 4 is 10.0 Å². The normalized spacial score (nSPS) is 11.3. The van der Waals surface area contributed by atoms with Crippen LogP contribution in [0.5, 0.6) is 0 Å². The second-order valence-electron chi connectivity index (χ2n) is 5.02. The van der Waals surface area contributed by atoms with Gasteiger partial charge in [0.15, 0.2) is 0 Å². The molecule has 0 unspecified atom stereocenters. The van der Waals surface area contributed by atoms with Gasteiger partial charge in [0.2, 0.25) is 10.0 Å². The number of hydrogen-bond acceptors (Lipinski definition) is 3. The van der Waals surface area contributed by atoms with Gasteiger partial charge in [0.05, 0.1) is 11.4 Å². The van der Waals surface area contributed by atoms with E-state index in [0.29, 0.717) is 12.5 Å². The number of sulfonamides is 1. The van der Waals surface area contributed by atoms with E-state index in [2.05, 4.69) is 30.4 Å². The van der Waals surface area contributed by atoms with Gasteiger partial charge >= 0.3 is 0 Å². The molecular formula is C16H24N2O2S. The van der Waals surface area contributed by atoms with Crippen molar-refractivity contribution in [2.75, 3.05) is 13.1 Å². The van der Waals surface area contributed by atoms with E-state index in [1.54, 1.807) is 18.2 Å². The van der Waals surface area contributed by atoms with Crippen LogP contribution in [0.2, 0.25) is 0 Å². The van der Waals surface area contributed by atoms with Crippen LogP contribution >= 0.6 is 0 Å². The highest BCUT2D eigenvalue weighted by Crippen LogP contribution is 2.15. The Morgan fingerprint density at radius 2 is 1.95 bits per heavy atom. The Morgan fingerprint density at radius 1 is 1.29 bits per heavy atom. The predicted molar refractivity (Wildman–Crippen MR) is 86.4 cm³/mol. The molecule has 4 nitrogen and oxygen atoms in total. The second-order valence-corrected chi connectivity index (χ2v) is 6.78. The predicted octanol–water partition coefficient (Wildman–Crippen LogP) is 2.02. The van der Waals surface area contributed by atoms with E-state index in [9.17, 15) is 8.42 Å². The zero-order valence-corrected chi connectivity index (χ0v) is 13.8. The van der Waals surface area contributed by atoms with E-state index in [1.807, 2.05) is 6.92 Å². The lowest BCUT2D eigenvalue weighted by atomic mass is 10.0. The molecule has 0 aliphatic carbocycles. The molecule has 0 bridgehead atoms. The smallest absolute Gasteiger partial charge is 0.240 e. The zero-order chi connectivity index (χ0) is 15.9. The Bertz CT molecular complexity index is 623. The van der Waals surface area contributed by atoms with Crippen LogP contribution < -0.4 is 10.5 Å². The molecule has 0 amide bonds. The molecule has 0 saturated carbocycles. The maximum absolute atomic E-state index is 12.3. The third-order valence-electron chi connectivity index (χ3n) is 3.55. The molecule has 3 N–H and O–H groups in total. The van der Waals surface area contributed by atoms with Gasteiger partial charge in [-0.05, 0) is 36.6 Å². The summed E-state index contributed by atoms with van der Waals surface area (Å²) < 4.78 is 27.2. The molecule has 0 aromatic heterocycles. The first-order chi connectivity index (χ1) is 9.94. The van der Waals surface area contributed by atoms with E-state index in [0.717, 1.165) is 24.0 Å². The van der Waals surface area contributed by atoms with Crippen molar-refractivity contribution in [2.45, 2.75) is 38.5 Å². The van der Waals surface area contributed by atoms with Gasteiger partial charge in [0.25, 0.3) is 0 Å². The quantitative estimate of drug-likeness (QED) is 0.790. The monoisotopic (exact) mass is 308 g/mol. The minimum Gasteiger partial charge on any atom is -0.320 e. The molecule has 5 heteroatoms. The number of benzene rings is 1. The first-order valence-electron chi connectivity index (χ1n) is 7.23. The fourth-order valence-corrected chi connectivity index (χ4v) is 3.18. The SMILES string of the molecule is CCC(CC)CNS(=O)(=O)c1ccc(C#CCN)c(C)c1. The molecule has 0 aliphatic rings. The van der Waals surface area contributed by atoms with Crippen molar-refractivity contribution in [2.24, 2.45) is 11.7 Å². The Balaban J connectivity index is 2.91. The van der Waals surface area contributed by atoms with Gasteiger partial charge in [-0.2, -0.15) is 0 Å². The summed E-state index contributed by atoms with van der Waals surface area (Å²) in [4.78, 5) is 0.282. The largest absolute Gasteiger partial charge is 0.320 e. The molecule has 0 radical (unpaired) electrons. The number of nitrogens with two attached hydrogens (primary N) is 1. The molecule has 1 rings (SSSR count). The lowest BCUT2D eigenvalue weighted by Gasteiger charge is -2.14. The van der Waals surface area contributed by atoms with Crippen molar-refractivity contribution in [1.29, 1.82) is 0 Å². The van der Waals surface area contributed by atoms with Gasteiger partial charge < -0.3 is 5.73 Å². The molecule has 116 valence electrons. The summed E-state index contributed by atoms with van der Waals surface area (Å²) >= 11 is 0. The molecule has 0 aliphatic heterocycles. The maximum Gasteiger partial charge on any atom is 0.240 e. The van der Waals surface area contributed by atoms with E-state index in [4.69, 9.17) is 5.73 Å². The Kier molecular flexibility index (Phi) is 6.90. The van der Waals surface area contributed by atoms with Crippen molar-refractivity contribution in [3.05, 3.63) is 29.3 Å². The van der Waals surface area contributed by atoms with Gasteiger partial charge in [-0.1, -0.05) is 38.5 Å². The van der Waals surface area contributed by atoms with Crippen molar-refractivity contribution in [3.8, 4) is 11.8 Å². The summed E-state index contributed by atoms with van der Waals surface area (Å²) in [5, 5.41) is 0. The highest BCUT2D eigenvalue weighted by atomic mass is 32.2. The highest BCUT2D eigenvalue weighted by molar-refractivity contribution is 7.89. The van der Waals surface area contributed by atoms with Crippen LogP contribution in [0.3, 0.4) is 0 Å². The van der Waals surface area contributed by atoms with Crippen molar-refractivity contribution < 1.29 is 8.42 Å². The molecule has 1 aromatic carbocycles. The summed E-state index contributed by atoms with van der Waals surface area (Å²) in [6, 6.07) is 4.96. The van der Waals surface area contributed by atoms with Gasteiger partial charge in [0, 0.05) is 12.1 Å². The van der Waals surface area contributed by atoms with Crippen LogP contribution in [-0.2, 0) is 10.0 Å². The average Bonchev–Trinajstić information content (AvgIpc) is 2.47. The van der Waals surface area contributed by atoms with Gasteiger partial charge in [0.1, 0.15) is 0 Å². The number of rotatable bonds is 6. The molecule has 0 heterocycles. The van der Waals surface area contributed by atoms with Gasteiger partial charge in [-0.25, -0.2) is 13.1 Å². The van der Waals surface area contributed by atoms with Gasteiger partial charge in [-0.3, -0.25) is 0 Å². The van der Waals surface area contributed by atoms with E-state index >= 15 is 0 Å². The Labute approximate surface area is 128 Å². The number of aryl methyl sites for hydroxylation is 1. The lowest BCUT2D eigenvalue weighted by Crippen LogP contribution is -2.29. The van der Waals surface area contributed by atoms with Crippen LogP contribution in [-0.4, -0.2) is 21.5 Å².